The maximum Gasteiger partial charge on any atom is 0.0772 e. The highest BCUT2D eigenvalue weighted by atomic mass is 16.3. The summed E-state index contributed by atoms with van der Waals surface area (Å²) in [4.78, 5) is 0. The van der Waals surface area contributed by atoms with E-state index in [-0.39, 0.29) is 12.7 Å². The van der Waals surface area contributed by atoms with Crippen molar-refractivity contribution in [1.29, 1.82) is 0 Å². The highest BCUT2D eigenvalue weighted by Crippen LogP contribution is 2.16. The molecular weight excluding hydrogens is 116 g/mol. The zero-order valence-electron chi connectivity index (χ0n) is 5.38. The van der Waals surface area contributed by atoms with Crippen molar-refractivity contribution in [3.8, 4) is 0 Å². The van der Waals surface area contributed by atoms with Crippen LogP contribution in [0, 0.1) is 0 Å². The minimum Gasteiger partial charge on any atom is -0.392 e. The van der Waals surface area contributed by atoms with Gasteiger partial charge in [-0.1, -0.05) is 6.08 Å². The second-order valence-electron chi connectivity index (χ2n) is 2.38. The van der Waals surface area contributed by atoms with Gasteiger partial charge in [0.2, 0.25) is 0 Å². The van der Waals surface area contributed by atoms with Gasteiger partial charge in [-0.2, -0.15) is 0 Å². The second-order valence-corrected chi connectivity index (χ2v) is 2.38. The van der Waals surface area contributed by atoms with E-state index in [9.17, 15) is 0 Å². The first-order valence-corrected chi connectivity index (χ1v) is 3.32. The van der Waals surface area contributed by atoms with Gasteiger partial charge in [0, 0.05) is 0 Å². The predicted molar refractivity (Wildman–Crippen MR) is 35.0 cm³/mol. The van der Waals surface area contributed by atoms with E-state index in [2.05, 4.69) is 0 Å². The van der Waals surface area contributed by atoms with Crippen molar-refractivity contribution in [3.05, 3.63) is 11.6 Å². The lowest BCUT2D eigenvalue weighted by Gasteiger charge is -2.16. The average Bonchev–Trinajstić information content (AvgIpc) is 1.89. The Labute approximate surface area is 54.8 Å². The summed E-state index contributed by atoms with van der Waals surface area (Å²) in [6, 6.07) is 0. The SMILES string of the molecule is OCC1=CCCCC1O. The molecule has 0 amide bonds. The molecule has 0 fully saturated rings. The Morgan fingerprint density at radius 3 is 2.89 bits per heavy atom. The molecule has 0 saturated heterocycles. The maximum absolute atomic E-state index is 9.14. The van der Waals surface area contributed by atoms with Gasteiger partial charge in [0.15, 0.2) is 0 Å². The Morgan fingerprint density at radius 1 is 1.67 bits per heavy atom. The Hall–Kier alpha value is -0.340. The van der Waals surface area contributed by atoms with Crippen molar-refractivity contribution in [3.63, 3.8) is 0 Å². The summed E-state index contributed by atoms with van der Waals surface area (Å²) in [5.74, 6) is 0. The molecule has 1 aliphatic carbocycles. The maximum atomic E-state index is 9.14. The molecule has 2 nitrogen and oxygen atoms in total. The van der Waals surface area contributed by atoms with Gasteiger partial charge >= 0.3 is 0 Å². The first-order chi connectivity index (χ1) is 4.34. The van der Waals surface area contributed by atoms with Gasteiger partial charge in [0.1, 0.15) is 0 Å². The summed E-state index contributed by atoms with van der Waals surface area (Å²) in [6.45, 7) is 0.0150. The van der Waals surface area contributed by atoms with E-state index in [0.717, 1.165) is 24.8 Å². The third-order valence-corrected chi connectivity index (χ3v) is 1.70. The Kier molecular flexibility index (Phi) is 2.25. The van der Waals surface area contributed by atoms with Crippen molar-refractivity contribution in [2.75, 3.05) is 6.61 Å². The molecule has 0 aliphatic heterocycles. The lowest BCUT2D eigenvalue weighted by molar-refractivity contribution is 0.169. The fourth-order valence-electron chi connectivity index (χ4n) is 1.09. The third-order valence-electron chi connectivity index (χ3n) is 1.70. The zero-order chi connectivity index (χ0) is 6.69. The van der Waals surface area contributed by atoms with Crippen LogP contribution < -0.4 is 0 Å². The van der Waals surface area contributed by atoms with Crippen molar-refractivity contribution < 1.29 is 10.2 Å². The fraction of sp³-hybridized carbons (Fsp3) is 0.714. The number of allylic oxidation sites excluding steroid dienone is 1. The molecule has 1 atom stereocenters. The van der Waals surface area contributed by atoms with Gasteiger partial charge in [0.25, 0.3) is 0 Å². The van der Waals surface area contributed by atoms with Gasteiger partial charge in [-0.3, -0.25) is 0 Å². The molecule has 1 unspecified atom stereocenters. The molecule has 1 rings (SSSR count). The smallest absolute Gasteiger partial charge is 0.0772 e. The van der Waals surface area contributed by atoms with Crippen LogP contribution in [0.4, 0.5) is 0 Å². The van der Waals surface area contributed by atoms with Crippen LogP contribution in [0.1, 0.15) is 19.3 Å². The highest BCUT2D eigenvalue weighted by Gasteiger charge is 2.12. The van der Waals surface area contributed by atoms with Gasteiger partial charge in [-0.05, 0) is 24.8 Å². The highest BCUT2D eigenvalue weighted by molar-refractivity contribution is 5.10. The van der Waals surface area contributed by atoms with E-state index in [1.807, 2.05) is 6.08 Å². The fourth-order valence-corrected chi connectivity index (χ4v) is 1.09. The van der Waals surface area contributed by atoms with Crippen LogP contribution in [0.5, 0.6) is 0 Å². The predicted octanol–water partition coefficient (Wildman–Crippen LogP) is 0.450. The van der Waals surface area contributed by atoms with E-state index >= 15 is 0 Å². The molecule has 0 aromatic rings. The van der Waals surface area contributed by atoms with Gasteiger partial charge in [0.05, 0.1) is 12.7 Å². The zero-order valence-corrected chi connectivity index (χ0v) is 5.38. The molecule has 2 N–H and O–H groups in total. The minimum absolute atomic E-state index is 0.0150. The van der Waals surface area contributed by atoms with E-state index in [1.165, 1.54) is 0 Å². The van der Waals surface area contributed by atoms with E-state index in [0.29, 0.717) is 0 Å². The van der Waals surface area contributed by atoms with Crippen LogP contribution in [0.15, 0.2) is 11.6 Å². The van der Waals surface area contributed by atoms with Gasteiger partial charge in [-0.25, -0.2) is 0 Å². The Bertz CT molecular complexity index is 118. The minimum atomic E-state index is -0.372. The largest absolute Gasteiger partial charge is 0.392 e. The van der Waals surface area contributed by atoms with E-state index in [4.69, 9.17) is 10.2 Å². The molecule has 2 heteroatoms. The lowest BCUT2D eigenvalue weighted by atomic mass is 9.97. The summed E-state index contributed by atoms with van der Waals surface area (Å²) in [5.41, 5.74) is 0.793. The lowest BCUT2D eigenvalue weighted by Crippen LogP contribution is -2.16. The van der Waals surface area contributed by atoms with Crippen LogP contribution >= 0.6 is 0 Å². The number of aliphatic hydroxyl groups excluding tert-OH is 2. The molecule has 0 radical (unpaired) electrons. The van der Waals surface area contributed by atoms with Crippen molar-refractivity contribution in [2.45, 2.75) is 25.4 Å². The van der Waals surface area contributed by atoms with Crippen molar-refractivity contribution in [2.24, 2.45) is 0 Å². The molecule has 0 aromatic carbocycles. The molecule has 0 saturated carbocycles. The molecular formula is C7H12O2. The summed E-state index contributed by atoms with van der Waals surface area (Å²) in [6.07, 6.45) is 4.42. The van der Waals surface area contributed by atoms with Crippen molar-refractivity contribution in [1.82, 2.24) is 0 Å². The number of aliphatic hydroxyl groups is 2. The summed E-state index contributed by atoms with van der Waals surface area (Å²) in [5, 5.41) is 17.8. The summed E-state index contributed by atoms with van der Waals surface area (Å²) >= 11 is 0. The summed E-state index contributed by atoms with van der Waals surface area (Å²) < 4.78 is 0. The molecule has 52 valence electrons. The molecule has 0 bridgehead atoms. The first-order valence-electron chi connectivity index (χ1n) is 3.32. The van der Waals surface area contributed by atoms with Crippen LogP contribution in [0.25, 0.3) is 0 Å². The van der Waals surface area contributed by atoms with Gasteiger partial charge in [-0.15, -0.1) is 0 Å². The van der Waals surface area contributed by atoms with Crippen LogP contribution in [0.3, 0.4) is 0 Å². The molecule has 1 aliphatic rings. The monoisotopic (exact) mass is 128 g/mol. The Balaban J connectivity index is 2.53. The molecule has 0 aromatic heterocycles. The average molecular weight is 128 g/mol. The summed E-state index contributed by atoms with van der Waals surface area (Å²) in [7, 11) is 0. The van der Waals surface area contributed by atoms with Crippen molar-refractivity contribution >= 4 is 0 Å². The number of hydrogen-bond acceptors (Lipinski definition) is 2. The third kappa shape index (κ3) is 1.53. The van der Waals surface area contributed by atoms with E-state index in [1.54, 1.807) is 0 Å². The van der Waals surface area contributed by atoms with Crippen LogP contribution in [-0.2, 0) is 0 Å². The quantitative estimate of drug-likeness (QED) is 0.503. The molecule has 0 heterocycles. The topological polar surface area (TPSA) is 40.5 Å². The van der Waals surface area contributed by atoms with Crippen LogP contribution in [0.2, 0.25) is 0 Å². The number of rotatable bonds is 1. The first kappa shape index (κ1) is 6.78. The van der Waals surface area contributed by atoms with Crippen LogP contribution in [-0.4, -0.2) is 22.9 Å². The molecule has 0 spiro atoms. The Morgan fingerprint density at radius 2 is 2.44 bits per heavy atom. The van der Waals surface area contributed by atoms with Gasteiger partial charge < -0.3 is 10.2 Å². The standard InChI is InChI=1S/C7H12O2/c8-5-6-3-1-2-4-7(6)9/h3,7-9H,1-2,4-5H2. The van der Waals surface area contributed by atoms with E-state index < -0.39 is 0 Å². The normalized spacial score (nSPS) is 27.8. The molecule has 9 heavy (non-hydrogen) atoms. The number of hydrogen-bond donors (Lipinski definition) is 2. The second kappa shape index (κ2) is 2.99.